The number of nitrogens with one attached hydrogen (secondary N) is 1. The van der Waals surface area contributed by atoms with Crippen LogP contribution in [0.2, 0.25) is 0 Å². The van der Waals surface area contributed by atoms with Gasteiger partial charge in [-0.3, -0.25) is 19.6 Å². The van der Waals surface area contributed by atoms with Crippen molar-refractivity contribution >= 4 is 12.0 Å². The number of hydrogen-bond donors (Lipinski definition) is 2. The molecule has 1 aliphatic rings. The highest BCUT2D eigenvalue weighted by Crippen LogP contribution is 2.24. The molecule has 0 bridgehead atoms. The second-order valence-electron chi connectivity index (χ2n) is 6.57. The Morgan fingerprint density at radius 1 is 1.36 bits per heavy atom. The first-order chi connectivity index (χ1) is 12.0. The fourth-order valence-electron chi connectivity index (χ4n) is 3.35. The molecule has 0 unspecified atom stereocenters. The number of rotatable bonds is 4. The number of carbonyl (C=O) groups excluding carboxylic acids is 1. The summed E-state index contributed by atoms with van der Waals surface area (Å²) >= 11 is 0. The number of carbonyl (C=O) groups is 1. The second kappa shape index (κ2) is 7.21. The van der Waals surface area contributed by atoms with Crippen LogP contribution in [0, 0.1) is 13.8 Å². The highest BCUT2D eigenvalue weighted by Gasteiger charge is 2.19. The molecule has 2 aromatic rings. The molecule has 0 atom stereocenters. The largest absolute Gasteiger partial charge is 0.294 e. The van der Waals surface area contributed by atoms with Crippen LogP contribution in [-0.4, -0.2) is 32.3 Å². The summed E-state index contributed by atoms with van der Waals surface area (Å²) in [7, 11) is 1.99. The van der Waals surface area contributed by atoms with Gasteiger partial charge in [0, 0.05) is 44.0 Å². The van der Waals surface area contributed by atoms with E-state index < -0.39 is 5.91 Å². The van der Waals surface area contributed by atoms with E-state index in [2.05, 4.69) is 36.0 Å². The molecular formula is C19H24N4O2. The Morgan fingerprint density at radius 2 is 2.16 bits per heavy atom. The SMILES string of the molecule is Cc1nn(C)c(C)c1CN1CCc2cc(/C=C/C(=O)NO)ccc2C1. The average molecular weight is 340 g/mol. The van der Waals surface area contributed by atoms with Gasteiger partial charge in [0.15, 0.2) is 0 Å². The third-order valence-corrected chi connectivity index (χ3v) is 4.90. The molecule has 3 rings (SSSR count). The van der Waals surface area contributed by atoms with Crippen LogP contribution >= 0.6 is 0 Å². The van der Waals surface area contributed by atoms with Crippen molar-refractivity contribution in [2.45, 2.75) is 33.4 Å². The van der Waals surface area contributed by atoms with Gasteiger partial charge in [-0.1, -0.05) is 18.2 Å². The highest BCUT2D eigenvalue weighted by molar-refractivity contribution is 5.90. The third-order valence-electron chi connectivity index (χ3n) is 4.90. The Labute approximate surface area is 147 Å². The maximum Gasteiger partial charge on any atom is 0.267 e. The van der Waals surface area contributed by atoms with Gasteiger partial charge in [-0.15, -0.1) is 0 Å². The normalized spacial score (nSPS) is 14.7. The standard InChI is InChI=1S/C19H24N4O2/c1-13-18(14(2)22(3)20-13)12-23-9-8-16-10-15(4-6-17(16)11-23)5-7-19(24)21-25/h4-7,10,25H,8-9,11-12H2,1-3H3,(H,21,24)/b7-5+. The first-order valence-electron chi connectivity index (χ1n) is 8.43. The van der Waals surface area contributed by atoms with E-state index in [-0.39, 0.29) is 0 Å². The molecule has 6 heteroatoms. The lowest BCUT2D eigenvalue weighted by atomic mass is 9.96. The van der Waals surface area contributed by atoms with E-state index in [1.807, 2.05) is 17.8 Å². The van der Waals surface area contributed by atoms with Crippen LogP contribution in [0.3, 0.4) is 0 Å². The van der Waals surface area contributed by atoms with Gasteiger partial charge in [0.1, 0.15) is 0 Å². The van der Waals surface area contributed by atoms with Gasteiger partial charge in [-0.25, -0.2) is 5.48 Å². The van der Waals surface area contributed by atoms with E-state index in [0.29, 0.717) is 0 Å². The van der Waals surface area contributed by atoms with Crippen molar-refractivity contribution in [1.29, 1.82) is 0 Å². The molecule has 132 valence electrons. The highest BCUT2D eigenvalue weighted by atomic mass is 16.5. The fraction of sp³-hybridized carbons (Fsp3) is 0.368. The first-order valence-corrected chi connectivity index (χ1v) is 8.43. The van der Waals surface area contributed by atoms with Gasteiger partial charge in [-0.05, 0) is 43.0 Å². The number of amides is 1. The van der Waals surface area contributed by atoms with E-state index in [1.54, 1.807) is 11.6 Å². The molecule has 1 amide bonds. The topological polar surface area (TPSA) is 70.4 Å². The molecule has 1 aliphatic heterocycles. The first kappa shape index (κ1) is 17.4. The van der Waals surface area contributed by atoms with Crippen LogP contribution in [0.15, 0.2) is 24.3 Å². The van der Waals surface area contributed by atoms with Crippen molar-refractivity contribution in [2.24, 2.45) is 7.05 Å². The van der Waals surface area contributed by atoms with Gasteiger partial charge >= 0.3 is 0 Å². The summed E-state index contributed by atoms with van der Waals surface area (Å²) < 4.78 is 1.95. The molecule has 1 aromatic heterocycles. The lowest BCUT2D eigenvalue weighted by Gasteiger charge is -2.29. The van der Waals surface area contributed by atoms with E-state index in [1.165, 1.54) is 28.5 Å². The van der Waals surface area contributed by atoms with E-state index in [9.17, 15) is 4.79 Å². The summed E-state index contributed by atoms with van der Waals surface area (Å²) in [6.45, 7) is 7.04. The van der Waals surface area contributed by atoms with Gasteiger partial charge in [0.05, 0.1) is 5.69 Å². The van der Waals surface area contributed by atoms with Crippen LogP contribution < -0.4 is 5.48 Å². The summed E-state index contributed by atoms with van der Waals surface area (Å²) in [5, 5.41) is 13.0. The molecule has 6 nitrogen and oxygen atoms in total. The number of aromatic nitrogens is 2. The molecule has 0 aliphatic carbocycles. The zero-order valence-electron chi connectivity index (χ0n) is 14.9. The summed E-state index contributed by atoms with van der Waals surface area (Å²) in [4.78, 5) is 13.5. The Bertz CT molecular complexity index is 823. The number of aryl methyl sites for hydroxylation is 2. The molecule has 25 heavy (non-hydrogen) atoms. The lowest BCUT2D eigenvalue weighted by Crippen LogP contribution is -2.30. The minimum Gasteiger partial charge on any atom is -0.294 e. The molecule has 0 radical (unpaired) electrons. The van der Waals surface area contributed by atoms with Gasteiger partial charge < -0.3 is 0 Å². The van der Waals surface area contributed by atoms with E-state index >= 15 is 0 Å². The molecule has 0 spiro atoms. The Kier molecular flexibility index (Phi) is 5.01. The molecule has 2 N–H and O–H groups in total. The van der Waals surface area contributed by atoms with Gasteiger partial charge in [0.25, 0.3) is 5.91 Å². The predicted molar refractivity (Wildman–Crippen MR) is 95.9 cm³/mol. The molecule has 0 saturated carbocycles. The van der Waals surface area contributed by atoms with Crippen LogP contribution in [0.5, 0.6) is 0 Å². The zero-order valence-corrected chi connectivity index (χ0v) is 14.9. The lowest BCUT2D eigenvalue weighted by molar-refractivity contribution is -0.124. The molecule has 0 fully saturated rings. The van der Waals surface area contributed by atoms with Crippen molar-refractivity contribution in [3.8, 4) is 0 Å². The Hall–Kier alpha value is -2.44. The maximum absolute atomic E-state index is 11.1. The van der Waals surface area contributed by atoms with Crippen molar-refractivity contribution in [3.63, 3.8) is 0 Å². The van der Waals surface area contributed by atoms with Crippen LogP contribution in [0.4, 0.5) is 0 Å². The van der Waals surface area contributed by atoms with Crippen LogP contribution in [0.1, 0.15) is 33.6 Å². The average Bonchev–Trinajstić information content (AvgIpc) is 2.85. The van der Waals surface area contributed by atoms with Crippen molar-refractivity contribution in [1.82, 2.24) is 20.2 Å². The van der Waals surface area contributed by atoms with E-state index in [4.69, 9.17) is 5.21 Å². The van der Waals surface area contributed by atoms with E-state index in [0.717, 1.165) is 37.3 Å². The Balaban J connectivity index is 1.72. The summed E-state index contributed by atoms with van der Waals surface area (Å²) in [5.74, 6) is -0.522. The van der Waals surface area contributed by atoms with Crippen molar-refractivity contribution in [3.05, 3.63) is 57.9 Å². The summed E-state index contributed by atoms with van der Waals surface area (Å²) in [6, 6.07) is 6.25. The summed E-state index contributed by atoms with van der Waals surface area (Å²) in [6.07, 6.45) is 4.02. The quantitative estimate of drug-likeness (QED) is 0.508. The number of benzene rings is 1. The number of hydrogen-bond acceptors (Lipinski definition) is 4. The van der Waals surface area contributed by atoms with Gasteiger partial charge in [0.2, 0.25) is 0 Å². The number of hydroxylamine groups is 1. The van der Waals surface area contributed by atoms with Crippen molar-refractivity contribution < 1.29 is 10.0 Å². The minimum atomic E-state index is -0.522. The zero-order chi connectivity index (χ0) is 18.0. The summed E-state index contributed by atoms with van der Waals surface area (Å²) in [5.41, 5.74) is 8.87. The molecule has 0 saturated heterocycles. The predicted octanol–water partition coefficient (Wildman–Crippen LogP) is 2.11. The van der Waals surface area contributed by atoms with Crippen LogP contribution in [-0.2, 0) is 31.4 Å². The smallest absolute Gasteiger partial charge is 0.267 e. The number of nitrogens with zero attached hydrogens (tertiary/aromatic N) is 3. The molecule has 1 aromatic carbocycles. The van der Waals surface area contributed by atoms with Gasteiger partial charge in [-0.2, -0.15) is 5.10 Å². The Morgan fingerprint density at radius 3 is 2.84 bits per heavy atom. The third kappa shape index (κ3) is 3.81. The number of fused-ring (bicyclic) bond motifs is 1. The minimum absolute atomic E-state index is 0.522. The van der Waals surface area contributed by atoms with Crippen molar-refractivity contribution in [2.75, 3.05) is 6.54 Å². The molecule has 2 heterocycles. The van der Waals surface area contributed by atoms with Crippen LogP contribution in [0.25, 0.3) is 6.08 Å². The monoisotopic (exact) mass is 340 g/mol. The maximum atomic E-state index is 11.1. The molecular weight excluding hydrogens is 316 g/mol. The fourth-order valence-corrected chi connectivity index (χ4v) is 3.35. The second-order valence-corrected chi connectivity index (χ2v) is 6.57.